The number of piperazine rings is 1. The van der Waals surface area contributed by atoms with Crippen molar-refractivity contribution >= 4 is 12.0 Å². The summed E-state index contributed by atoms with van der Waals surface area (Å²) >= 11 is 0. The fraction of sp³-hybridized carbons (Fsp3) is 0.562. The van der Waals surface area contributed by atoms with Crippen LogP contribution >= 0.6 is 0 Å². The predicted octanol–water partition coefficient (Wildman–Crippen LogP) is 0.928. The van der Waals surface area contributed by atoms with Crippen molar-refractivity contribution in [3.8, 4) is 0 Å². The van der Waals surface area contributed by atoms with Gasteiger partial charge in [0.25, 0.3) is 5.56 Å². The largest absolute Gasteiger partial charge is 0.444 e. The molecule has 1 aromatic heterocycles. The Hall–Kier alpha value is -2.31. The van der Waals surface area contributed by atoms with Gasteiger partial charge in [-0.1, -0.05) is 6.07 Å². The van der Waals surface area contributed by atoms with Crippen molar-refractivity contribution in [2.75, 3.05) is 26.2 Å². The molecular weight excluding hydrogens is 298 g/mol. The second-order valence-electron chi connectivity index (χ2n) is 6.51. The minimum absolute atomic E-state index is 0.0200. The second kappa shape index (κ2) is 6.85. The van der Waals surface area contributed by atoms with Crippen LogP contribution in [0, 0.1) is 0 Å². The Kier molecular flexibility index (Phi) is 5.08. The lowest BCUT2D eigenvalue weighted by Crippen LogP contribution is -2.52. The minimum Gasteiger partial charge on any atom is -0.444 e. The third kappa shape index (κ3) is 4.84. The van der Waals surface area contributed by atoms with Crippen LogP contribution in [0.3, 0.4) is 0 Å². The normalized spacial score (nSPS) is 15.4. The van der Waals surface area contributed by atoms with Crippen molar-refractivity contribution in [1.29, 1.82) is 0 Å². The molecule has 0 aliphatic carbocycles. The Morgan fingerprint density at radius 2 is 1.70 bits per heavy atom. The van der Waals surface area contributed by atoms with Crippen LogP contribution in [0.15, 0.2) is 29.2 Å². The number of hydrogen-bond donors (Lipinski definition) is 0. The number of pyridine rings is 1. The number of nitrogens with zero attached hydrogens (tertiary/aromatic N) is 3. The summed E-state index contributed by atoms with van der Waals surface area (Å²) in [5.41, 5.74) is -0.730. The number of ether oxygens (including phenoxy) is 1. The van der Waals surface area contributed by atoms with Gasteiger partial charge in [0.05, 0.1) is 0 Å². The van der Waals surface area contributed by atoms with Crippen molar-refractivity contribution in [3.05, 3.63) is 34.7 Å². The van der Waals surface area contributed by atoms with Crippen LogP contribution in [-0.2, 0) is 16.1 Å². The molecular formula is C16H23N3O4. The standard InChI is InChI=1S/C16H23N3O4/c1-16(2,3)23-15(22)18-10-8-17(9-11-18)14(21)12-19-7-5-4-6-13(19)20/h4-7H,8-12H2,1-3H3. The van der Waals surface area contributed by atoms with E-state index in [1.807, 2.05) is 20.8 Å². The molecule has 0 unspecified atom stereocenters. The lowest BCUT2D eigenvalue weighted by molar-refractivity contribution is -0.133. The average Bonchev–Trinajstić information content (AvgIpc) is 2.48. The fourth-order valence-electron chi connectivity index (χ4n) is 2.30. The summed E-state index contributed by atoms with van der Waals surface area (Å²) in [5.74, 6) is -0.123. The highest BCUT2D eigenvalue weighted by Crippen LogP contribution is 2.12. The van der Waals surface area contributed by atoms with Gasteiger partial charge in [0.1, 0.15) is 12.1 Å². The Bertz CT molecular complexity index is 625. The first-order valence-electron chi connectivity index (χ1n) is 7.67. The molecule has 1 aliphatic rings. The molecule has 7 heteroatoms. The van der Waals surface area contributed by atoms with Crippen LogP contribution in [0.4, 0.5) is 4.79 Å². The SMILES string of the molecule is CC(C)(C)OC(=O)N1CCN(C(=O)Cn2ccccc2=O)CC1. The molecule has 0 bridgehead atoms. The van der Waals surface area contributed by atoms with Gasteiger partial charge in [-0.3, -0.25) is 9.59 Å². The summed E-state index contributed by atoms with van der Waals surface area (Å²) in [6, 6.07) is 4.78. The molecule has 0 atom stereocenters. The summed E-state index contributed by atoms with van der Waals surface area (Å²) < 4.78 is 6.70. The molecule has 0 N–H and O–H groups in total. The van der Waals surface area contributed by atoms with Gasteiger partial charge in [-0.15, -0.1) is 0 Å². The molecule has 1 fully saturated rings. The van der Waals surface area contributed by atoms with Gasteiger partial charge in [-0.2, -0.15) is 0 Å². The van der Waals surface area contributed by atoms with Crippen molar-refractivity contribution in [3.63, 3.8) is 0 Å². The van der Waals surface area contributed by atoms with Gasteiger partial charge >= 0.3 is 6.09 Å². The van der Waals surface area contributed by atoms with E-state index in [9.17, 15) is 14.4 Å². The lowest BCUT2D eigenvalue weighted by atomic mass is 10.2. The summed E-state index contributed by atoms with van der Waals surface area (Å²) in [7, 11) is 0. The highest BCUT2D eigenvalue weighted by atomic mass is 16.6. The highest BCUT2D eigenvalue weighted by Gasteiger charge is 2.27. The number of carbonyl (C=O) groups excluding carboxylic acids is 2. The van der Waals surface area contributed by atoms with E-state index in [4.69, 9.17) is 4.74 Å². The first-order chi connectivity index (χ1) is 10.8. The predicted molar refractivity (Wildman–Crippen MR) is 85.1 cm³/mol. The van der Waals surface area contributed by atoms with E-state index >= 15 is 0 Å². The van der Waals surface area contributed by atoms with E-state index < -0.39 is 5.60 Å². The Morgan fingerprint density at radius 3 is 2.26 bits per heavy atom. The zero-order chi connectivity index (χ0) is 17.0. The van der Waals surface area contributed by atoms with Gasteiger partial charge in [0.15, 0.2) is 0 Å². The van der Waals surface area contributed by atoms with E-state index in [0.29, 0.717) is 26.2 Å². The van der Waals surface area contributed by atoms with Crippen LogP contribution in [0.25, 0.3) is 0 Å². The third-order valence-corrected chi connectivity index (χ3v) is 3.49. The van der Waals surface area contributed by atoms with Crippen LogP contribution in [0.5, 0.6) is 0 Å². The number of carbonyl (C=O) groups is 2. The quantitative estimate of drug-likeness (QED) is 0.812. The van der Waals surface area contributed by atoms with Crippen LogP contribution in [0.1, 0.15) is 20.8 Å². The van der Waals surface area contributed by atoms with Gasteiger partial charge in [0, 0.05) is 38.4 Å². The van der Waals surface area contributed by atoms with Gasteiger partial charge in [0.2, 0.25) is 5.91 Å². The molecule has 1 aromatic rings. The number of amides is 2. The van der Waals surface area contributed by atoms with E-state index in [0.717, 1.165) is 0 Å². The topological polar surface area (TPSA) is 71.8 Å². The van der Waals surface area contributed by atoms with Crippen molar-refractivity contribution in [2.45, 2.75) is 32.9 Å². The van der Waals surface area contributed by atoms with Crippen LogP contribution in [-0.4, -0.2) is 58.1 Å². The second-order valence-corrected chi connectivity index (χ2v) is 6.51. The summed E-state index contributed by atoms with van der Waals surface area (Å²) in [4.78, 5) is 39.1. The molecule has 1 aliphatic heterocycles. The van der Waals surface area contributed by atoms with E-state index in [1.165, 1.54) is 10.6 Å². The van der Waals surface area contributed by atoms with E-state index in [1.54, 1.807) is 28.1 Å². The Balaban J connectivity index is 1.87. The number of rotatable bonds is 2. The molecule has 2 amide bonds. The molecule has 1 saturated heterocycles. The summed E-state index contributed by atoms with van der Waals surface area (Å²) in [6.07, 6.45) is 1.24. The van der Waals surface area contributed by atoms with Crippen LogP contribution < -0.4 is 5.56 Å². The molecule has 2 heterocycles. The molecule has 0 radical (unpaired) electrons. The lowest BCUT2D eigenvalue weighted by Gasteiger charge is -2.35. The van der Waals surface area contributed by atoms with Crippen molar-refractivity contribution in [2.24, 2.45) is 0 Å². The molecule has 0 spiro atoms. The molecule has 2 rings (SSSR count). The molecule has 7 nitrogen and oxygen atoms in total. The Morgan fingerprint density at radius 1 is 1.09 bits per heavy atom. The van der Waals surface area contributed by atoms with Gasteiger partial charge in [-0.05, 0) is 26.8 Å². The zero-order valence-electron chi connectivity index (χ0n) is 13.8. The smallest absolute Gasteiger partial charge is 0.410 e. The maximum Gasteiger partial charge on any atom is 0.410 e. The fourth-order valence-corrected chi connectivity index (χ4v) is 2.30. The van der Waals surface area contributed by atoms with E-state index in [2.05, 4.69) is 0 Å². The summed E-state index contributed by atoms with van der Waals surface area (Å²) in [5, 5.41) is 0. The maximum absolute atomic E-state index is 12.3. The van der Waals surface area contributed by atoms with Crippen molar-refractivity contribution < 1.29 is 14.3 Å². The first-order valence-corrected chi connectivity index (χ1v) is 7.67. The van der Waals surface area contributed by atoms with Crippen molar-refractivity contribution in [1.82, 2.24) is 14.4 Å². The first kappa shape index (κ1) is 17.1. The van der Waals surface area contributed by atoms with Crippen LogP contribution in [0.2, 0.25) is 0 Å². The Labute approximate surface area is 135 Å². The molecule has 0 aromatic carbocycles. The molecule has 126 valence electrons. The monoisotopic (exact) mass is 321 g/mol. The summed E-state index contributed by atoms with van der Waals surface area (Å²) in [6.45, 7) is 7.24. The number of hydrogen-bond acceptors (Lipinski definition) is 4. The third-order valence-electron chi connectivity index (χ3n) is 3.49. The zero-order valence-corrected chi connectivity index (χ0v) is 13.8. The van der Waals surface area contributed by atoms with Gasteiger partial charge < -0.3 is 19.1 Å². The van der Waals surface area contributed by atoms with Gasteiger partial charge in [-0.25, -0.2) is 4.79 Å². The molecule has 23 heavy (non-hydrogen) atoms. The van der Waals surface area contributed by atoms with E-state index in [-0.39, 0.29) is 24.1 Å². The molecule has 0 saturated carbocycles. The maximum atomic E-state index is 12.3. The highest BCUT2D eigenvalue weighted by molar-refractivity contribution is 5.76. The minimum atomic E-state index is -0.529. The number of aromatic nitrogens is 1. The average molecular weight is 321 g/mol.